The Morgan fingerprint density at radius 1 is 1.32 bits per heavy atom. The molecule has 0 saturated heterocycles. The molecule has 0 aliphatic carbocycles. The minimum atomic E-state index is -0.706. The number of aryl methyl sites for hydroxylation is 1. The first kappa shape index (κ1) is 13.5. The quantitative estimate of drug-likeness (QED) is 0.899. The number of hydrogen-bond donors (Lipinski definition) is 1. The number of ether oxygens (including phenoxy) is 1. The molecule has 0 aliphatic heterocycles. The second-order valence-corrected chi connectivity index (χ2v) is 4.27. The molecule has 19 heavy (non-hydrogen) atoms. The molecule has 1 aromatic carbocycles. The van der Waals surface area contributed by atoms with E-state index in [0.29, 0.717) is 18.4 Å². The summed E-state index contributed by atoms with van der Waals surface area (Å²) >= 11 is 0. The smallest absolute Gasteiger partial charge is 0.165 e. The van der Waals surface area contributed by atoms with Crippen molar-refractivity contribution in [2.24, 2.45) is 0 Å². The maximum atomic E-state index is 13.5. The molecule has 1 atom stereocenters. The van der Waals surface area contributed by atoms with Gasteiger partial charge in [-0.2, -0.15) is 0 Å². The van der Waals surface area contributed by atoms with Crippen LogP contribution in [-0.4, -0.2) is 17.2 Å². The number of aliphatic hydroxyl groups excluding tert-OH is 1. The van der Waals surface area contributed by atoms with Crippen LogP contribution in [0.3, 0.4) is 0 Å². The zero-order valence-electron chi connectivity index (χ0n) is 10.7. The van der Waals surface area contributed by atoms with E-state index in [1.165, 1.54) is 19.2 Å². The van der Waals surface area contributed by atoms with E-state index in [9.17, 15) is 9.50 Å². The summed E-state index contributed by atoms with van der Waals surface area (Å²) in [5, 5.41) is 10.0. The molecule has 0 amide bonds. The van der Waals surface area contributed by atoms with Crippen molar-refractivity contribution in [3.8, 4) is 5.75 Å². The number of aliphatic hydroxyl groups is 1. The molecule has 0 saturated carbocycles. The van der Waals surface area contributed by atoms with Gasteiger partial charge >= 0.3 is 0 Å². The number of rotatable bonds is 5. The lowest BCUT2D eigenvalue weighted by atomic mass is 10.0. The first-order valence-electron chi connectivity index (χ1n) is 6.12. The topological polar surface area (TPSA) is 42.4 Å². The molecule has 0 bridgehead atoms. The molecular weight excluding hydrogens is 245 g/mol. The molecule has 100 valence electrons. The molecule has 0 radical (unpaired) electrons. The second-order valence-electron chi connectivity index (χ2n) is 4.27. The van der Waals surface area contributed by atoms with Crippen molar-refractivity contribution in [1.82, 2.24) is 4.98 Å². The van der Waals surface area contributed by atoms with Gasteiger partial charge in [0.15, 0.2) is 11.6 Å². The summed E-state index contributed by atoms with van der Waals surface area (Å²) in [5.74, 6) is -0.280. The average Bonchev–Trinajstić information content (AvgIpc) is 2.45. The van der Waals surface area contributed by atoms with Gasteiger partial charge in [0.05, 0.1) is 13.2 Å². The predicted octanol–water partition coefficient (Wildman–Crippen LogP) is 2.90. The van der Waals surface area contributed by atoms with Crippen LogP contribution in [0.5, 0.6) is 5.75 Å². The SMILES string of the molecule is COc1ccc(C(O)CCc2ccccn2)cc1F. The Labute approximate surface area is 111 Å². The highest BCUT2D eigenvalue weighted by atomic mass is 19.1. The molecular formula is C15H16FNO2. The van der Waals surface area contributed by atoms with Crippen molar-refractivity contribution >= 4 is 0 Å². The van der Waals surface area contributed by atoms with Gasteiger partial charge in [0.25, 0.3) is 0 Å². The van der Waals surface area contributed by atoms with Gasteiger partial charge in [-0.1, -0.05) is 12.1 Å². The van der Waals surface area contributed by atoms with E-state index in [0.717, 1.165) is 5.69 Å². The third kappa shape index (κ3) is 3.51. The number of methoxy groups -OCH3 is 1. The van der Waals surface area contributed by atoms with Gasteiger partial charge < -0.3 is 9.84 Å². The molecule has 0 fully saturated rings. The van der Waals surface area contributed by atoms with Crippen molar-refractivity contribution < 1.29 is 14.2 Å². The van der Waals surface area contributed by atoms with Gasteiger partial charge in [-0.05, 0) is 42.7 Å². The van der Waals surface area contributed by atoms with Gasteiger partial charge in [-0.25, -0.2) is 4.39 Å². The Kier molecular flexibility index (Phi) is 4.47. The monoisotopic (exact) mass is 261 g/mol. The van der Waals surface area contributed by atoms with Crippen LogP contribution in [0.1, 0.15) is 23.8 Å². The average molecular weight is 261 g/mol. The van der Waals surface area contributed by atoms with Crippen molar-refractivity contribution in [2.75, 3.05) is 7.11 Å². The summed E-state index contributed by atoms with van der Waals surface area (Å²) in [4.78, 5) is 4.18. The van der Waals surface area contributed by atoms with Gasteiger partial charge in [-0.15, -0.1) is 0 Å². The minimum Gasteiger partial charge on any atom is -0.494 e. The summed E-state index contributed by atoms with van der Waals surface area (Å²) in [6.45, 7) is 0. The van der Waals surface area contributed by atoms with E-state index in [2.05, 4.69) is 4.98 Å². The van der Waals surface area contributed by atoms with E-state index in [4.69, 9.17) is 4.74 Å². The molecule has 0 aliphatic rings. The van der Waals surface area contributed by atoms with Crippen LogP contribution in [-0.2, 0) is 6.42 Å². The molecule has 1 aromatic heterocycles. The molecule has 0 spiro atoms. The summed E-state index contributed by atoms with van der Waals surface area (Å²) in [6, 6.07) is 10.2. The Morgan fingerprint density at radius 3 is 2.79 bits per heavy atom. The number of nitrogens with zero attached hydrogens (tertiary/aromatic N) is 1. The lowest BCUT2D eigenvalue weighted by molar-refractivity contribution is 0.167. The van der Waals surface area contributed by atoms with Crippen LogP contribution in [0.2, 0.25) is 0 Å². The largest absolute Gasteiger partial charge is 0.494 e. The van der Waals surface area contributed by atoms with Crippen LogP contribution in [0.4, 0.5) is 4.39 Å². The van der Waals surface area contributed by atoms with Gasteiger partial charge in [0, 0.05) is 11.9 Å². The summed E-state index contributed by atoms with van der Waals surface area (Å²) in [5.41, 5.74) is 1.46. The summed E-state index contributed by atoms with van der Waals surface area (Å²) in [7, 11) is 1.41. The fourth-order valence-electron chi connectivity index (χ4n) is 1.89. The van der Waals surface area contributed by atoms with Gasteiger partial charge in [-0.3, -0.25) is 4.98 Å². The van der Waals surface area contributed by atoms with E-state index >= 15 is 0 Å². The van der Waals surface area contributed by atoms with Gasteiger partial charge in [0.1, 0.15) is 0 Å². The third-order valence-electron chi connectivity index (χ3n) is 2.96. The third-order valence-corrected chi connectivity index (χ3v) is 2.96. The highest BCUT2D eigenvalue weighted by Gasteiger charge is 2.11. The Hall–Kier alpha value is -1.94. The first-order valence-corrected chi connectivity index (χ1v) is 6.12. The number of halogens is 1. The van der Waals surface area contributed by atoms with Crippen LogP contribution >= 0.6 is 0 Å². The van der Waals surface area contributed by atoms with Crippen molar-refractivity contribution in [3.05, 3.63) is 59.7 Å². The molecule has 2 rings (SSSR count). The maximum absolute atomic E-state index is 13.5. The summed E-state index contributed by atoms with van der Waals surface area (Å²) < 4.78 is 18.4. The molecule has 1 unspecified atom stereocenters. The predicted molar refractivity (Wildman–Crippen MR) is 70.5 cm³/mol. The van der Waals surface area contributed by atoms with Gasteiger partial charge in [0.2, 0.25) is 0 Å². The number of hydrogen-bond acceptors (Lipinski definition) is 3. The second kappa shape index (κ2) is 6.29. The molecule has 3 nitrogen and oxygen atoms in total. The van der Waals surface area contributed by atoms with E-state index in [1.54, 1.807) is 12.3 Å². The molecule has 1 N–H and O–H groups in total. The zero-order chi connectivity index (χ0) is 13.7. The van der Waals surface area contributed by atoms with E-state index in [1.807, 2.05) is 18.2 Å². The lowest BCUT2D eigenvalue weighted by Gasteiger charge is -2.12. The van der Waals surface area contributed by atoms with Crippen LogP contribution in [0.15, 0.2) is 42.6 Å². The maximum Gasteiger partial charge on any atom is 0.165 e. The number of benzene rings is 1. The molecule has 4 heteroatoms. The fourth-order valence-corrected chi connectivity index (χ4v) is 1.89. The Balaban J connectivity index is 2.00. The van der Waals surface area contributed by atoms with Crippen LogP contribution < -0.4 is 4.74 Å². The zero-order valence-corrected chi connectivity index (χ0v) is 10.7. The number of pyridine rings is 1. The van der Waals surface area contributed by atoms with Crippen molar-refractivity contribution in [1.29, 1.82) is 0 Å². The first-order chi connectivity index (χ1) is 9.20. The molecule has 1 heterocycles. The van der Waals surface area contributed by atoms with Crippen molar-refractivity contribution in [3.63, 3.8) is 0 Å². The van der Waals surface area contributed by atoms with E-state index < -0.39 is 11.9 Å². The van der Waals surface area contributed by atoms with Crippen molar-refractivity contribution in [2.45, 2.75) is 18.9 Å². The molecule has 2 aromatic rings. The minimum absolute atomic E-state index is 0.181. The standard InChI is InChI=1S/C15H16FNO2/c1-19-15-8-5-11(10-13(15)16)14(18)7-6-12-4-2-3-9-17-12/h2-5,8-10,14,18H,6-7H2,1H3. The highest BCUT2D eigenvalue weighted by molar-refractivity contribution is 5.30. The number of aromatic nitrogens is 1. The fraction of sp³-hybridized carbons (Fsp3) is 0.267. The van der Waals surface area contributed by atoms with Crippen LogP contribution in [0, 0.1) is 5.82 Å². The Bertz CT molecular complexity index is 531. The normalized spacial score (nSPS) is 12.2. The highest BCUT2D eigenvalue weighted by Crippen LogP contribution is 2.24. The lowest BCUT2D eigenvalue weighted by Crippen LogP contribution is -2.02. The van der Waals surface area contributed by atoms with Crippen LogP contribution in [0.25, 0.3) is 0 Å². The van der Waals surface area contributed by atoms with E-state index in [-0.39, 0.29) is 5.75 Å². The summed E-state index contributed by atoms with van der Waals surface area (Å²) in [6.07, 6.45) is 2.16. The Morgan fingerprint density at radius 2 is 2.16 bits per heavy atom.